The first-order valence-corrected chi connectivity index (χ1v) is 11.1. The Kier molecular flexibility index (Phi) is 6.19. The summed E-state index contributed by atoms with van der Waals surface area (Å²) in [5.41, 5.74) is 0. The molecule has 0 amide bonds. The molecule has 6 atom stereocenters. The first-order valence-electron chi connectivity index (χ1n) is 9.29. The van der Waals surface area contributed by atoms with Crippen LogP contribution in [0.1, 0.15) is 27.7 Å². The summed E-state index contributed by atoms with van der Waals surface area (Å²) in [5.74, 6) is -2.64. The number of fused-ring (bicyclic) bond motifs is 2. The van der Waals surface area contributed by atoms with Gasteiger partial charge in [0.25, 0.3) is 10.1 Å². The molecule has 12 nitrogen and oxygen atoms in total. The van der Waals surface area contributed by atoms with Crippen molar-refractivity contribution in [2.45, 2.75) is 75.9 Å². The van der Waals surface area contributed by atoms with Gasteiger partial charge in [0.05, 0.1) is 12.9 Å². The second kappa shape index (κ2) is 7.97. The van der Waals surface area contributed by atoms with Gasteiger partial charge in [-0.15, -0.1) is 0 Å². The molecule has 4 aliphatic heterocycles. The lowest BCUT2D eigenvalue weighted by molar-refractivity contribution is -0.188. The van der Waals surface area contributed by atoms with E-state index in [0.29, 0.717) is 0 Å². The van der Waals surface area contributed by atoms with E-state index in [9.17, 15) is 18.0 Å². The molecule has 4 aliphatic rings. The van der Waals surface area contributed by atoms with Crippen molar-refractivity contribution >= 4 is 22.1 Å². The van der Waals surface area contributed by atoms with Gasteiger partial charge in [-0.1, -0.05) is 0 Å². The highest BCUT2D eigenvalue weighted by atomic mass is 32.2. The van der Waals surface area contributed by atoms with Crippen LogP contribution >= 0.6 is 0 Å². The van der Waals surface area contributed by atoms with Gasteiger partial charge in [0.2, 0.25) is 0 Å². The lowest BCUT2D eigenvalue weighted by atomic mass is 10.1. The Morgan fingerprint density at radius 3 is 1.73 bits per heavy atom. The minimum atomic E-state index is -3.57. The summed E-state index contributed by atoms with van der Waals surface area (Å²) in [7, 11) is -3.57. The Morgan fingerprint density at radius 1 is 0.867 bits per heavy atom. The Hall–Kier alpha value is -1.35. The normalized spacial score (nSPS) is 38.3. The average molecular weight is 454 g/mol. The molecule has 4 saturated heterocycles. The zero-order valence-electron chi connectivity index (χ0n) is 17.2. The predicted octanol–water partition coefficient (Wildman–Crippen LogP) is -1.17. The van der Waals surface area contributed by atoms with Gasteiger partial charge in [0, 0.05) is 0 Å². The summed E-state index contributed by atoms with van der Waals surface area (Å²) in [5, 5.41) is 8.89. The molecule has 0 aromatic rings. The first-order chi connectivity index (χ1) is 13.7. The molecule has 0 saturated carbocycles. The Morgan fingerprint density at radius 2 is 1.30 bits per heavy atom. The molecule has 0 radical (unpaired) electrons. The summed E-state index contributed by atoms with van der Waals surface area (Å²) in [6.45, 7) is 6.32. The fourth-order valence-electron chi connectivity index (χ4n) is 3.51. The monoisotopic (exact) mass is 454 g/mol. The number of cyclic esters (lactones) is 2. The van der Waals surface area contributed by atoms with E-state index in [0.717, 1.165) is 6.26 Å². The van der Waals surface area contributed by atoms with Crippen LogP contribution < -0.4 is 0 Å². The van der Waals surface area contributed by atoms with Gasteiger partial charge in [0.15, 0.2) is 36.0 Å². The number of carbonyl (C=O) groups excluding carboxylic acids is 2. The molecule has 0 aromatic heterocycles. The van der Waals surface area contributed by atoms with Gasteiger partial charge in [-0.05, 0) is 27.7 Å². The highest BCUT2D eigenvalue weighted by Crippen LogP contribution is 2.36. The summed E-state index contributed by atoms with van der Waals surface area (Å²) < 4.78 is 57.6. The zero-order valence-corrected chi connectivity index (χ0v) is 18.0. The molecule has 0 aromatic carbocycles. The summed E-state index contributed by atoms with van der Waals surface area (Å²) in [6, 6.07) is 0. The van der Waals surface area contributed by atoms with Crippen molar-refractivity contribution in [3.63, 3.8) is 0 Å². The van der Waals surface area contributed by atoms with Gasteiger partial charge >= 0.3 is 11.9 Å². The topological polar surface area (TPSA) is 153 Å². The van der Waals surface area contributed by atoms with Gasteiger partial charge in [-0.2, -0.15) is 8.42 Å². The highest BCUT2D eigenvalue weighted by Gasteiger charge is 2.56. The molecule has 4 rings (SSSR count). The molecule has 30 heavy (non-hydrogen) atoms. The van der Waals surface area contributed by atoms with E-state index in [1.54, 1.807) is 27.7 Å². The fourth-order valence-corrected chi connectivity index (χ4v) is 3.90. The van der Waals surface area contributed by atoms with E-state index in [-0.39, 0.29) is 13.2 Å². The molecule has 1 N–H and O–H groups in total. The molecule has 0 spiro atoms. The minimum Gasteiger partial charge on any atom is -0.455 e. The van der Waals surface area contributed by atoms with E-state index < -0.39 is 70.3 Å². The highest BCUT2D eigenvalue weighted by molar-refractivity contribution is 7.85. The molecule has 0 aliphatic carbocycles. The molecule has 4 fully saturated rings. The van der Waals surface area contributed by atoms with Crippen LogP contribution in [0.15, 0.2) is 0 Å². The van der Waals surface area contributed by atoms with Crippen molar-refractivity contribution in [1.29, 1.82) is 0 Å². The molecule has 0 bridgehead atoms. The average Bonchev–Trinajstić information content (AvgIpc) is 3.26. The number of ether oxygens (including phenoxy) is 6. The van der Waals surface area contributed by atoms with Crippen LogP contribution in [0.5, 0.6) is 0 Å². The van der Waals surface area contributed by atoms with Crippen LogP contribution in [0.25, 0.3) is 0 Å². The summed E-state index contributed by atoms with van der Waals surface area (Å²) >= 11 is 0. The second-order valence-electron chi connectivity index (χ2n) is 8.16. The smallest absolute Gasteiger partial charge is 0.338 e. The van der Waals surface area contributed by atoms with Crippen molar-refractivity contribution in [2.24, 2.45) is 0 Å². The van der Waals surface area contributed by atoms with Gasteiger partial charge < -0.3 is 33.5 Å². The Balaban J connectivity index is 0.000000177. The number of hydrogen-bond acceptors (Lipinski definition) is 12. The number of carbonyl (C=O) groups is 2. The van der Waals surface area contributed by atoms with Crippen molar-refractivity contribution in [3.8, 4) is 0 Å². The molecule has 0 unspecified atom stereocenters. The predicted molar refractivity (Wildman–Crippen MR) is 95.3 cm³/mol. The molecule has 13 heteroatoms. The molecular formula is C17H26O12S. The zero-order chi connectivity index (χ0) is 22.5. The first kappa shape index (κ1) is 23.3. The van der Waals surface area contributed by atoms with Crippen LogP contribution in [0.2, 0.25) is 0 Å². The fraction of sp³-hybridized carbons (Fsp3) is 0.882. The van der Waals surface area contributed by atoms with E-state index >= 15 is 0 Å². The Labute approximate surface area is 173 Å². The van der Waals surface area contributed by atoms with Crippen LogP contribution in [-0.2, 0) is 52.3 Å². The molecule has 4 heterocycles. The standard InChI is InChI=1S/C9H14O7S.C8H12O5/c1-9(2)15-6-5(4-13-17(3,11)12)14-8(10)7(6)16-9;1-8(2)12-5-4(3-9)11-7(10)6(5)13-8/h5-7H,4H2,1-3H3;4-6,9H,3H2,1-2H3/t5-,6-,7-;4-,5-,6-/m11/s1. The number of aliphatic hydroxyl groups is 1. The van der Waals surface area contributed by atoms with E-state index in [1.807, 2.05) is 0 Å². The van der Waals surface area contributed by atoms with Crippen molar-refractivity contribution in [2.75, 3.05) is 19.5 Å². The number of aliphatic hydroxyl groups excluding tert-OH is 1. The van der Waals surface area contributed by atoms with Crippen LogP contribution in [0.4, 0.5) is 0 Å². The number of rotatable bonds is 4. The SMILES string of the molecule is CC1(C)O[C@@H]2[C@@H](CO)OC(=O)[C@@H]2O1.CC1(C)O[C@@H]2[C@@H](COS(C)(=O)=O)OC(=O)[C@@H]2O1. The third-order valence-electron chi connectivity index (χ3n) is 4.62. The molecule has 172 valence electrons. The third-order valence-corrected chi connectivity index (χ3v) is 5.18. The largest absolute Gasteiger partial charge is 0.455 e. The maximum absolute atomic E-state index is 11.4. The summed E-state index contributed by atoms with van der Waals surface area (Å²) in [4.78, 5) is 22.6. The van der Waals surface area contributed by atoms with Crippen LogP contribution in [0, 0.1) is 0 Å². The van der Waals surface area contributed by atoms with Crippen molar-refractivity contribution < 1.29 is 55.7 Å². The van der Waals surface area contributed by atoms with Crippen molar-refractivity contribution in [3.05, 3.63) is 0 Å². The maximum atomic E-state index is 11.4. The quantitative estimate of drug-likeness (QED) is 0.402. The third kappa shape index (κ3) is 5.10. The number of esters is 2. The van der Waals surface area contributed by atoms with E-state index in [1.165, 1.54) is 0 Å². The molecular weight excluding hydrogens is 428 g/mol. The Bertz CT molecular complexity index is 791. The lowest BCUT2D eigenvalue weighted by Crippen LogP contribution is -2.33. The second-order valence-corrected chi connectivity index (χ2v) is 9.81. The van der Waals surface area contributed by atoms with Gasteiger partial charge in [-0.25, -0.2) is 9.59 Å². The number of hydrogen-bond donors (Lipinski definition) is 1. The minimum absolute atomic E-state index is 0.230. The lowest BCUT2D eigenvalue weighted by Gasteiger charge is -2.20. The van der Waals surface area contributed by atoms with Gasteiger partial charge in [-0.3, -0.25) is 4.18 Å². The van der Waals surface area contributed by atoms with Gasteiger partial charge in [0.1, 0.15) is 18.8 Å². The van der Waals surface area contributed by atoms with Crippen LogP contribution in [-0.4, -0.2) is 93.1 Å². The summed E-state index contributed by atoms with van der Waals surface area (Å²) in [6.07, 6.45) is -2.99. The van der Waals surface area contributed by atoms with E-state index in [4.69, 9.17) is 33.5 Å². The maximum Gasteiger partial charge on any atom is 0.338 e. The van der Waals surface area contributed by atoms with Crippen LogP contribution in [0.3, 0.4) is 0 Å². The van der Waals surface area contributed by atoms with Crippen molar-refractivity contribution in [1.82, 2.24) is 0 Å². The van der Waals surface area contributed by atoms with E-state index in [2.05, 4.69) is 4.18 Å².